The molecule has 2 aliphatic carbocycles. The summed E-state index contributed by atoms with van der Waals surface area (Å²) in [7, 11) is 0. The second-order valence-corrected chi connectivity index (χ2v) is 12.2. The van der Waals surface area contributed by atoms with Gasteiger partial charge in [0.05, 0.1) is 24.4 Å². The van der Waals surface area contributed by atoms with Gasteiger partial charge in [0.15, 0.2) is 17.6 Å². The van der Waals surface area contributed by atoms with Crippen molar-refractivity contribution in [3.05, 3.63) is 34.9 Å². The Morgan fingerprint density at radius 2 is 1.76 bits per heavy atom. The number of likely N-dealkylation sites (tertiary alicyclic amines) is 1. The number of fused-ring (bicyclic) bond motifs is 2. The summed E-state index contributed by atoms with van der Waals surface area (Å²) in [6.45, 7) is -0.179. The zero-order valence-corrected chi connectivity index (χ0v) is 22.8. The number of amides is 3. The Morgan fingerprint density at radius 3 is 2.49 bits per heavy atom. The van der Waals surface area contributed by atoms with Crippen molar-refractivity contribution >= 4 is 29.6 Å². The molecular weight excluding hydrogens is 528 g/mol. The third kappa shape index (κ3) is 3.64. The molecule has 218 valence electrons. The van der Waals surface area contributed by atoms with E-state index in [0.717, 1.165) is 49.7 Å². The number of hydrogen-bond donors (Lipinski definition) is 6. The smallest absolute Gasteiger partial charge is 0.252 e. The lowest BCUT2D eigenvalue weighted by atomic mass is 9.81. The largest absolute Gasteiger partial charge is 0.370 e. The Balaban J connectivity index is 1.18. The highest BCUT2D eigenvalue weighted by molar-refractivity contribution is 6.05. The highest BCUT2D eigenvalue weighted by atomic mass is 16.5. The number of nitrogens with one attached hydrogen (secondary N) is 2. The first-order chi connectivity index (χ1) is 19.6. The Morgan fingerprint density at radius 1 is 1.05 bits per heavy atom. The highest BCUT2D eigenvalue weighted by Gasteiger charge is 2.73. The minimum Gasteiger partial charge on any atom is -0.370 e. The van der Waals surface area contributed by atoms with Crippen LogP contribution in [0.3, 0.4) is 0 Å². The lowest BCUT2D eigenvalue weighted by Crippen LogP contribution is -2.78. The van der Waals surface area contributed by atoms with Crippen molar-refractivity contribution in [2.24, 2.45) is 33.3 Å². The number of hydrogen-bond acceptors (Lipinski definition) is 11. The summed E-state index contributed by atoms with van der Waals surface area (Å²) < 4.78 is 0. The van der Waals surface area contributed by atoms with Crippen LogP contribution in [-0.2, 0) is 22.4 Å². The van der Waals surface area contributed by atoms with Crippen LogP contribution in [0.1, 0.15) is 60.0 Å². The molecule has 6 aliphatic rings. The summed E-state index contributed by atoms with van der Waals surface area (Å²) in [6, 6.07) is 2.56. The van der Waals surface area contributed by atoms with E-state index in [-0.39, 0.29) is 48.7 Å². The predicted molar refractivity (Wildman–Crippen MR) is 147 cm³/mol. The molecular formula is C28H36N8O5. The molecule has 2 unspecified atom stereocenters. The lowest BCUT2D eigenvalue weighted by molar-refractivity contribution is -0.230. The van der Waals surface area contributed by atoms with E-state index >= 15 is 0 Å². The third-order valence-corrected chi connectivity index (χ3v) is 10.0. The van der Waals surface area contributed by atoms with E-state index in [1.165, 1.54) is 9.80 Å². The molecule has 1 aromatic carbocycles. The maximum Gasteiger partial charge on any atom is 0.252 e. The van der Waals surface area contributed by atoms with E-state index in [2.05, 4.69) is 20.6 Å². The highest BCUT2D eigenvalue weighted by Crippen LogP contribution is 2.46. The van der Waals surface area contributed by atoms with E-state index < -0.39 is 35.5 Å². The van der Waals surface area contributed by atoms with Crippen LogP contribution < -0.4 is 22.1 Å². The Bertz CT molecular complexity index is 1370. The van der Waals surface area contributed by atoms with Gasteiger partial charge in [-0.1, -0.05) is 25.0 Å². The van der Waals surface area contributed by atoms with Crippen LogP contribution in [0.4, 0.5) is 0 Å². The molecule has 4 aliphatic heterocycles. The molecule has 4 heterocycles. The molecule has 8 N–H and O–H groups in total. The zero-order chi connectivity index (χ0) is 28.7. The molecule has 6 atom stereocenters. The van der Waals surface area contributed by atoms with Crippen LogP contribution in [0.25, 0.3) is 0 Å². The Kier molecular flexibility index (Phi) is 5.85. The predicted octanol–water partition coefficient (Wildman–Crippen LogP) is -1.48. The number of aryl methyl sites for hydroxylation is 1. The van der Waals surface area contributed by atoms with Crippen LogP contribution in [-0.4, -0.2) is 92.3 Å². The van der Waals surface area contributed by atoms with Crippen LogP contribution in [0.15, 0.2) is 28.2 Å². The minimum absolute atomic E-state index is 0.0264. The maximum absolute atomic E-state index is 13.5. The van der Waals surface area contributed by atoms with Gasteiger partial charge in [-0.2, -0.15) is 0 Å². The molecule has 13 nitrogen and oxygen atoms in total. The molecule has 1 saturated carbocycles. The average molecular weight is 565 g/mol. The number of nitrogens with two attached hydrogens (primary N) is 2. The van der Waals surface area contributed by atoms with Gasteiger partial charge in [0.25, 0.3) is 5.91 Å². The normalized spacial score (nSPS) is 35.1. The number of carbonyl (C=O) groups is 3. The first kappa shape index (κ1) is 26.2. The Labute approximate surface area is 237 Å². The van der Waals surface area contributed by atoms with E-state index in [1.54, 1.807) is 6.07 Å². The van der Waals surface area contributed by atoms with Crippen molar-refractivity contribution < 1.29 is 24.6 Å². The summed E-state index contributed by atoms with van der Waals surface area (Å²) in [5, 5.41) is 29.3. The topological polar surface area (TPSA) is 199 Å². The first-order valence-corrected chi connectivity index (χ1v) is 14.6. The number of aliphatic hydroxyl groups is 2. The maximum atomic E-state index is 13.5. The van der Waals surface area contributed by atoms with E-state index in [0.29, 0.717) is 18.4 Å². The van der Waals surface area contributed by atoms with Gasteiger partial charge in [0.2, 0.25) is 17.6 Å². The molecule has 0 aromatic heterocycles. The monoisotopic (exact) mass is 564 g/mol. The summed E-state index contributed by atoms with van der Waals surface area (Å²) in [5.74, 6) is -4.20. The summed E-state index contributed by atoms with van der Waals surface area (Å²) >= 11 is 0. The van der Waals surface area contributed by atoms with Crippen molar-refractivity contribution in [3.63, 3.8) is 0 Å². The van der Waals surface area contributed by atoms with Gasteiger partial charge >= 0.3 is 0 Å². The summed E-state index contributed by atoms with van der Waals surface area (Å²) in [4.78, 5) is 51.7. The Hall–Kier alpha value is -3.71. The number of imide groups is 1. The van der Waals surface area contributed by atoms with Crippen molar-refractivity contribution in [3.8, 4) is 0 Å². The van der Waals surface area contributed by atoms with Crippen molar-refractivity contribution in [1.82, 2.24) is 20.4 Å². The van der Waals surface area contributed by atoms with Gasteiger partial charge in [-0.3, -0.25) is 19.3 Å². The molecule has 13 heteroatoms. The van der Waals surface area contributed by atoms with Crippen LogP contribution >= 0.6 is 0 Å². The third-order valence-electron chi connectivity index (χ3n) is 10.0. The average Bonchev–Trinajstić information content (AvgIpc) is 3.52. The second-order valence-electron chi connectivity index (χ2n) is 12.2. The van der Waals surface area contributed by atoms with Crippen LogP contribution in [0, 0.1) is 11.8 Å². The zero-order valence-electron chi connectivity index (χ0n) is 22.8. The number of benzene rings is 1. The fourth-order valence-corrected chi connectivity index (χ4v) is 8.06. The van der Waals surface area contributed by atoms with Gasteiger partial charge in [0.1, 0.15) is 12.1 Å². The van der Waals surface area contributed by atoms with Gasteiger partial charge in [-0.25, -0.2) is 9.98 Å². The van der Waals surface area contributed by atoms with Gasteiger partial charge in [-0.05, 0) is 55.7 Å². The second kappa shape index (κ2) is 9.15. The molecule has 0 bridgehead atoms. The van der Waals surface area contributed by atoms with Gasteiger partial charge in [-0.15, -0.1) is 0 Å². The van der Waals surface area contributed by atoms with Crippen molar-refractivity contribution in [2.45, 2.75) is 80.9 Å². The van der Waals surface area contributed by atoms with Crippen LogP contribution in [0.5, 0.6) is 0 Å². The van der Waals surface area contributed by atoms with Gasteiger partial charge in [0, 0.05) is 12.1 Å². The minimum atomic E-state index is -2.60. The molecule has 3 amide bonds. The SMILES string of the molecule is NC1=N[C@H]2[C@H](CN3C(=O)C4CCCCC4C3=O)N=C(N)N3C[C@H](NC(=O)c4cccc5c4CCCC5)C(O)(O)[C@]23N1. The molecule has 41 heavy (non-hydrogen) atoms. The fourth-order valence-electron chi connectivity index (χ4n) is 8.06. The number of nitrogens with zero attached hydrogens (tertiary/aromatic N) is 4. The molecule has 1 spiro atoms. The first-order valence-electron chi connectivity index (χ1n) is 14.6. The van der Waals surface area contributed by atoms with Gasteiger partial charge < -0.3 is 37.2 Å². The fraction of sp³-hybridized carbons (Fsp3) is 0.607. The number of guanidine groups is 2. The molecule has 2 saturated heterocycles. The molecule has 1 aromatic rings. The quantitative estimate of drug-likeness (QED) is 0.186. The number of rotatable bonds is 4. The molecule has 0 radical (unpaired) electrons. The lowest BCUT2D eigenvalue weighted by Gasteiger charge is -2.49. The van der Waals surface area contributed by atoms with E-state index in [9.17, 15) is 24.6 Å². The van der Waals surface area contributed by atoms with E-state index in [4.69, 9.17) is 11.5 Å². The number of carbonyl (C=O) groups excluding carboxylic acids is 3. The van der Waals surface area contributed by atoms with E-state index in [1.807, 2.05) is 12.1 Å². The summed E-state index contributed by atoms with van der Waals surface area (Å²) in [6.07, 6.45) is 6.92. The molecule has 7 rings (SSSR count). The summed E-state index contributed by atoms with van der Waals surface area (Å²) in [5.41, 5.74) is 13.4. The van der Waals surface area contributed by atoms with Crippen LogP contribution in [0.2, 0.25) is 0 Å². The molecule has 3 fully saturated rings. The number of aliphatic imine (C=N–C) groups is 2. The standard InChI is InChI=1S/C28H36N8O5/c29-25-33-21-19(12-35-23(38)17-9-3-4-10-18(17)24(35)39)31-26(30)36-13-20(28(40,41)27(21,36)34-25)32-22(37)16-11-5-7-14-6-1-2-8-15(14)16/h5,7,11,17-21,40-41H,1-4,6,8-10,12-13H2,(H2,30,31)(H,32,37)(H3,29,33,34)/t17?,18?,19-,20-,21-,27-/m0/s1. The van der Waals surface area contributed by atoms with Crippen molar-refractivity contribution in [1.29, 1.82) is 0 Å². The van der Waals surface area contributed by atoms with Crippen molar-refractivity contribution in [2.75, 3.05) is 13.1 Å².